The van der Waals surface area contributed by atoms with Gasteiger partial charge in [0.2, 0.25) is 0 Å². The lowest BCUT2D eigenvalue weighted by Gasteiger charge is -2.17. The Labute approximate surface area is 670 Å². The summed E-state index contributed by atoms with van der Waals surface area (Å²) in [5, 5.41) is 26.7. The van der Waals surface area contributed by atoms with Gasteiger partial charge in [0.15, 0.2) is 11.3 Å². The Balaban J connectivity index is 0.000000132. The molecule has 7 N–H and O–H groups in total. The first-order chi connectivity index (χ1) is 55.3. The SMILES string of the molecule is C.COc1cccc(-c2nn(Cc3cc4cccc(C)c4c(=O)n3-c3ccccc3C)c3ncnc(N)c23)c1.COc1cccc(C2=NCc3ncnc(N)c32)c1.Cc1ccccc1-n1c(CBr)cc2cccc(C)c2c1=O.Cc1ccccc1-n1c(Cn2nc(-c3cccc(O)c3)c3c(N)ncnc32)cc2cccc(C)c2c1=O. The number of nitrogen functional groups attached to an aromatic ring is 3. The number of phenols is 1. The zero-order valence-corrected chi connectivity index (χ0v) is 65.3. The van der Waals surface area contributed by atoms with E-state index in [9.17, 15) is 19.5 Å². The second-order valence-corrected chi connectivity index (χ2v) is 28.2. The third-order valence-electron chi connectivity index (χ3n) is 20.3. The molecule has 0 amide bonds. The fourth-order valence-corrected chi connectivity index (χ4v) is 15.2. The lowest BCUT2D eigenvalue weighted by atomic mass is 10.0. The third kappa shape index (κ3) is 15.0. The Morgan fingerprint density at radius 1 is 0.409 bits per heavy atom. The van der Waals surface area contributed by atoms with Gasteiger partial charge < -0.3 is 31.8 Å². The van der Waals surface area contributed by atoms with Gasteiger partial charge in [-0.15, -0.1) is 0 Å². The van der Waals surface area contributed by atoms with Crippen molar-refractivity contribution in [1.82, 2.24) is 63.2 Å². The van der Waals surface area contributed by atoms with Crippen LogP contribution < -0.4 is 43.4 Å². The predicted octanol–water partition coefficient (Wildman–Crippen LogP) is 16.4. The maximum absolute atomic E-state index is 14.0. The summed E-state index contributed by atoms with van der Waals surface area (Å²) in [4.78, 5) is 71.1. The Morgan fingerprint density at radius 2 is 0.783 bits per heavy atom. The maximum Gasteiger partial charge on any atom is 0.263 e. The van der Waals surface area contributed by atoms with E-state index < -0.39 is 0 Å². The molecule has 0 radical (unpaired) electrons. The summed E-state index contributed by atoms with van der Waals surface area (Å²) in [5.74, 6) is 2.72. The molecular weight excluding hydrogens is 1510 g/mol. The summed E-state index contributed by atoms with van der Waals surface area (Å²) in [5.41, 5.74) is 36.8. The van der Waals surface area contributed by atoms with Crippen LogP contribution in [-0.4, -0.2) is 88.2 Å². The number of phenolic OH excluding ortho intramolecular Hbond substituents is 1. The van der Waals surface area contributed by atoms with Gasteiger partial charge in [0.1, 0.15) is 65.1 Å². The number of methoxy groups -OCH3 is 2. The maximum atomic E-state index is 14.0. The van der Waals surface area contributed by atoms with Crippen LogP contribution in [0.3, 0.4) is 0 Å². The number of hydrogen-bond donors (Lipinski definition) is 4. The van der Waals surface area contributed by atoms with Crippen LogP contribution in [0.4, 0.5) is 17.5 Å². The van der Waals surface area contributed by atoms with Crippen LogP contribution in [0.25, 0.3) is 94.0 Å². The van der Waals surface area contributed by atoms with Gasteiger partial charge in [-0.25, -0.2) is 39.3 Å². The lowest BCUT2D eigenvalue weighted by Crippen LogP contribution is -2.25. The molecule has 8 aromatic heterocycles. The number of hydrogen-bond acceptors (Lipinski definition) is 18. The lowest BCUT2D eigenvalue weighted by molar-refractivity contribution is 0.414. The number of nitrogens with zero attached hydrogens (tertiary/aromatic N) is 14. The van der Waals surface area contributed by atoms with E-state index in [1.807, 2.05) is 234 Å². The number of anilines is 3. The molecule has 17 aromatic rings. The zero-order chi connectivity index (χ0) is 79.6. The van der Waals surface area contributed by atoms with E-state index in [0.29, 0.717) is 91.4 Å². The summed E-state index contributed by atoms with van der Waals surface area (Å²) >= 11 is 3.51. The molecule has 1 aliphatic rings. The summed E-state index contributed by atoms with van der Waals surface area (Å²) in [7, 11) is 3.26. The van der Waals surface area contributed by atoms with E-state index in [4.69, 9.17) is 36.9 Å². The molecule has 0 fully saturated rings. The van der Waals surface area contributed by atoms with Crippen LogP contribution in [0.15, 0.2) is 257 Å². The van der Waals surface area contributed by atoms with Crippen LogP contribution in [0.2, 0.25) is 0 Å². The van der Waals surface area contributed by atoms with Crippen molar-refractivity contribution in [1.29, 1.82) is 0 Å². The first kappa shape index (κ1) is 77.5. The van der Waals surface area contributed by atoms with Crippen molar-refractivity contribution >= 4 is 93.5 Å². The molecule has 0 unspecified atom stereocenters. The molecule has 115 heavy (non-hydrogen) atoms. The topological polar surface area (TPSA) is 308 Å². The van der Waals surface area contributed by atoms with Crippen LogP contribution in [0.1, 0.15) is 74.7 Å². The number of aliphatic imine (C=N–C) groups is 1. The van der Waals surface area contributed by atoms with Gasteiger partial charge in [-0.05, 0) is 164 Å². The molecule has 0 spiro atoms. The third-order valence-corrected chi connectivity index (χ3v) is 20.9. The Hall–Kier alpha value is -14.3. The number of para-hydroxylation sites is 3. The number of alkyl halides is 1. The zero-order valence-electron chi connectivity index (χ0n) is 63.7. The molecule has 0 aliphatic carbocycles. The summed E-state index contributed by atoms with van der Waals surface area (Å²) < 4.78 is 19.5. The molecule has 24 heteroatoms. The molecular formula is C91H82BrN17O6. The van der Waals surface area contributed by atoms with Crippen molar-refractivity contribution in [3.8, 4) is 56.8 Å². The van der Waals surface area contributed by atoms with Gasteiger partial charge in [-0.2, -0.15) is 10.2 Å². The highest BCUT2D eigenvalue weighted by Gasteiger charge is 2.26. The molecule has 1 aliphatic heterocycles. The van der Waals surface area contributed by atoms with Crippen LogP contribution in [0, 0.1) is 41.5 Å². The average molecular weight is 1590 g/mol. The quantitative estimate of drug-likeness (QED) is 0.0780. The minimum atomic E-state index is -0.0845. The van der Waals surface area contributed by atoms with Crippen LogP contribution in [-0.2, 0) is 25.0 Å². The van der Waals surface area contributed by atoms with Crippen molar-refractivity contribution in [2.75, 3.05) is 31.4 Å². The number of halogens is 1. The molecule has 9 aromatic carbocycles. The average Bonchev–Trinajstić information content (AvgIpc) is 1.71. The fraction of sp³-hybridized carbons (Fsp3) is 0.143. The van der Waals surface area contributed by atoms with Crippen molar-refractivity contribution in [2.45, 2.75) is 73.9 Å². The number of nitrogens with two attached hydrogens (primary N) is 3. The highest BCUT2D eigenvalue weighted by molar-refractivity contribution is 9.08. The largest absolute Gasteiger partial charge is 0.508 e. The number of benzene rings is 9. The molecule has 18 rings (SSSR count). The highest BCUT2D eigenvalue weighted by atomic mass is 79.9. The minimum absolute atomic E-state index is 0. The molecule has 23 nitrogen and oxygen atoms in total. The van der Waals surface area contributed by atoms with Crippen LogP contribution in [0.5, 0.6) is 17.2 Å². The summed E-state index contributed by atoms with van der Waals surface area (Å²) in [6.07, 6.45) is 4.31. The molecule has 574 valence electrons. The monoisotopic (exact) mass is 1590 g/mol. The van der Waals surface area contributed by atoms with E-state index in [0.717, 1.165) is 123 Å². The first-order valence-corrected chi connectivity index (χ1v) is 37.8. The molecule has 9 heterocycles. The first-order valence-electron chi connectivity index (χ1n) is 36.6. The van der Waals surface area contributed by atoms with Gasteiger partial charge in [0.05, 0.1) is 94.8 Å². The number of aromatic hydroxyl groups is 1. The van der Waals surface area contributed by atoms with Gasteiger partial charge in [-0.1, -0.05) is 169 Å². The second-order valence-electron chi connectivity index (χ2n) is 27.6. The molecule has 0 saturated heterocycles. The second kappa shape index (κ2) is 33.0. The molecule has 0 saturated carbocycles. The van der Waals surface area contributed by atoms with Gasteiger partial charge in [-0.3, -0.25) is 33.1 Å². The van der Waals surface area contributed by atoms with E-state index in [-0.39, 0.29) is 36.4 Å². The molecule has 0 bridgehead atoms. The fourth-order valence-electron chi connectivity index (χ4n) is 14.8. The normalized spacial score (nSPS) is 11.5. The number of aromatic nitrogens is 13. The number of aryl methyl sites for hydroxylation is 6. The minimum Gasteiger partial charge on any atom is -0.508 e. The standard InChI is InChI=1S/C30H26N6O2.C29H24N6O2.C18H16BrNO.C13H12N4O.CH4/c1-18-8-4-5-13-24(18)36-22(14-20-10-6-9-19(2)25(20)30(36)37)16-35-29-26(28(31)32-17-33-29)27(34-35)21-11-7-12-23(15-21)38-3;1-17-7-3-4-12-23(17)35-21(13-19-9-5-8-18(2)24(19)29(35)37)15-34-28-25(27(30)31-16-32-28)26(33-34)20-10-6-11-22(36)14-20;1-12-6-3-4-9-16(12)20-15(11-19)10-14-8-5-7-13(2)17(14)18(20)21;1-18-9-4-2-3-8(5-9)12-11-10(6-15-12)16-7-17-13(11)14;/h4-15,17H,16H2,1-3H3,(H2,31,32,33);3-14,16,36H,15H2,1-2H3,(H2,30,31,32);3-10H,11H2,1-2H3;2-5,7H,6H2,1H3,(H2,14,16,17);1H4. The number of fused-ring (bicyclic) bond motifs is 6. The van der Waals surface area contributed by atoms with Crippen molar-refractivity contribution < 1.29 is 14.6 Å². The highest BCUT2D eigenvalue weighted by Crippen LogP contribution is 2.36. The number of pyridine rings is 3. The number of rotatable bonds is 13. The Morgan fingerprint density at radius 3 is 1.22 bits per heavy atom. The van der Waals surface area contributed by atoms with E-state index in [2.05, 4.69) is 63.0 Å². The number of ether oxygens (including phenoxy) is 2. The Bertz CT molecular complexity index is 6860. The van der Waals surface area contributed by atoms with Gasteiger partial charge in [0.25, 0.3) is 16.7 Å². The van der Waals surface area contributed by atoms with Gasteiger partial charge in [0, 0.05) is 39.1 Å². The van der Waals surface area contributed by atoms with Gasteiger partial charge >= 0.3 is 0 Å². The van der Waals surface area contributed by atoms with E-state index >= 15 is 0 Å². The van der Waals surface area contributed by atoms with Crippen molar-refractivity contribution in [2.24, 2.45) is 4.99 Å². The smallest absolute Gasteiger partial charge is 0.263 e. The van der Waals surface area contributed by atoms with Crippen molar-refractivity contribution in [3.05, 3.63) is 336 Å². The predicted molar refractivity (Wildman–Crippen MR) is 462 cm³/mol. The summed E-state index contributed by atoms with van der Waals surface area (Å²) in [6, 6.07) is 69.8. The van der Waals surface area contributed by atoms with E-state index in [1.165, 1.54) is 19.0 Å². The van der Waals surface area contributed by atoms with Crippen LogP contribution >= 0.6 is 15.9 Å². The Kier molecular flexibility index (Phi) is 22.2. The molecule has 0 atom stereocenters. The van der Waals surface area contributed by atoms with E-state index in [1.54, 1.807) is 50.9 Å². The summed E-state index contributed by atoms with van der Waals surface area (Å²) in [6.45, 7) is 13.0. The van der Waals surface area contributed by atoms with Crippen molar-refractivity contribution in [3.63, 3.8) is 0 Å².